The van der Waals surface area contributed by atoms with Gasteiger partial charge in [-0.15, -0.1) is 0 Å². The van der Waals surface area contributed by atoms with E-state index in [4.69, 9.17) is 17.3 Å². The fraction of sp³-hybridized carbons (Fsp3) is 0.154. The number of aromatic nitrogens is 1. The molecule has 1 aromatic heterocycles. The number of hydrogen-bond acceptors (Lipinski definition) is 2. The summed E-state index contributed by atoms with van der Waals surface area (Å²) < 4.78 is 13.7. The van der Waals surface area contributed by atoms with Crippen molar-refractivity contribution in [2.24, 2.45) is 5.73 Å². The number of hydrogen-bond donors (Lipinski definition) is 1. The smallest absolute Gasteiger partial charge is 0.129 e. The summed E-state index contributed by atoms with van der Waals surface area (Å²) in [5.74, 6) is -0.395. The monoisotopic (exact) mass is 250 g/mol. The molecule has 0 saturated carbocycles. The van der Waals surface area contributed by atoms with Gasteiger partial charge in [0.2, 0.25) is 0 Å². The van der Waals surface area contributed by atoms with Crippen molar-refractivity contribution in [2.45, 2.75) is 13.0 Å². The fourth-order valence-electron chi connectivity index (χ4n) is 1.77. The molecule has 0 radical (unpaired) electrons. The summed E-state index contributed by atoms with van der Waals surface area (Å²) in [5.41, 5.74) is 8.11. The van der Waals surface area contributed by atoms with Crippen molar-refractivity contribution in [2.75, 3.05) is 0 Å². The number of halogens is 2. The fourth-order valence-corrected chi connectivity index (χ4v) is 2.05. The molecule has 1 atom stereocenters. The quantitative estimate of drug-likeness (QED) is 0.889. The first kappa shape index (κ1) is 12.0. The molecule has 4 heteroatoms. The van der Waals surface area contributed by atoms with Gasteiger partial charge in [0.1, 0.15) is 5.82 Å². The van der Waals surface area contributed by atoms with Crippen molar-refractivity contribution < 1.29 is 4.39 Å². The van der Waals surface area contributed by atoms with Gasteiger partial charge in [0.05, 0.1) is 6.04 Å². The van der Waals surface area contributed by atoms with E-state index in [1.807, 2.05) is 13.0 Å². The lowest BCUT2D eigenvalue weighted by atomic mass is 9.97. The Morgan fingerprint density at radius 2 is 2.12 bits per heavy atom. The molecule has 2 nitrogen and oxygen atoms in total. The maximum atomic E-state index is 13.7. The number of pyridine rings is 1. The average Bonchev–Trinajstić information content (AvgIpc) is 2.29. The molecule has 0 aliphatic carbocycles. The number of aryl methyl sites for hydroxylation is 1. The number of rotatable bonds is 2. The molecule has 1 heterocycles. The third-order valence-electron chi connectivity index (χ3n) is 2.73. The lowest BCUT2D eigenvalue weighted by molar-refractivity contribution is 0.599. The number of benzene rings is 1. The van der Waals surface area contributed by atoms with Crippen LogP contribution in [0.4, 0.5) is 4.39 Å². The topological polar surface area (TPSA) is 38.9 Å². The highest BCUT2D eigenvalue weighted by Crippen LogP contribution is 2.29. The summed E-state index contributed by atoms with van der Waals surface area (Å²) in [6.45, 7) is 1.91. The summed E-state index contributed by atoms with van der Waals surface area (Å²) in [6, 6.07) is 5.78. The molecule has 2 aromatic rings. The van der Waals surface area contributed by atoms with E-state index in [2.05, 4.69) is 4.98 Å². The van der Waals surface area contributed by atoms with Crippen molar-refractivity contribution >= 4 is 11.6 Å². The standard InChI is InChI=1S/C13H12ClFN2/c1-8-5-6-17-7-9(8)13(16)12-10(14)3-2-4-11(12)15/h2-7,13H,16H2,1H3. The molecule has 2 N–H and O–H groups in total. The summed E-state index contributed by atoms with van der Waals surface area (Å²) in [7, 11) is 0. The van der Waals surface area contributed by atoms with E-state index < -0.39 is 11.9 Å². The van der Waals surface area contributed by atoms with Crippen LogP contribution in [0.1, 0.15) is 22.7 Å². The Hall–Kier alpha value is -1.45. The minimum Gasteiger partial charge on any atom is -0.320 e. The highest BCUT2D eigenvalue weighted by molar-refractivity contribution is 6.31. The molecular formula is C13H12ClFN2. The second-order valence-electron chi connectivity index (χ2n) is 3.85. The van der Waals surface area contributed by atoms with E-state index in [9.17, 15) is 4.39 Å². The van der Waals surface area contributed by atoms with Gasteiger partial charge in [-0.05, 0) is 36.2 Å². The van der Waals surface area contributed by atoms with Crippen LogP contribution in [0.3, 0.4) is 0 Å². The van der Waals surface area contributed by atoms with E-state index in [0.29, 0.717) is 10.6 Å². The SMILES string of the molecule is Cc1ccncc1C(N)c1c(F)cccc1Cl. The maximum Gasteiger partial charge on any atom is 0.129 e. The van der Waals surface area contributed by atoms with Crippen LogP contribution in [0.5, 0.6) is 0 Å². The van der Waals surface area contributed by atoms with Crippen LogP contribution in [-0.2, 0) is 0 Å². The molecule has 1 aromatic carbocycles. The Labute approximate surface area is 104 Å². The van der Waals surface area contributed by atoms with Gasteiger partial charge < -0.3 is 5.73 Å². The van der Waals surface area contributed by atoms with E-state index >= 15 is 0 Å². The minimum absolute atomic E-state index is 0.310. The van der Waals surface area contributed by atoms with Crippen molar-refractivity contribution in [3.63, 3.8) is 0 Å². The minimum atomic E-state index is -0.600. The Balaban J connectivity index is 2.51. The molecule has 0 fully saturated rings. The molecule has 1 unspecified atom stereocenters. The lowest BCUT2D eigenvalue weighted by Gasteiger charge is -2.16. The normalized spacial score (nSPS) is 12.5. The second-order valence-corrected chi connectivity index (χ2v) is 4.25. The molecule has 0 spiro atoms. The zero-order valence-corrected chi connectivity index (χ0v) is 10.1. The van der Waals surface area contributed by atoms with Crippen LogP contribution in [0, 0.1) is 12.7 Å². The summed E-state index contributed by atoms with van der Waals surface area (Å²) in [4.78, 5) is 4.01. The second kappa shape index (κ2) is 4.82. The lowest BCUT2D eigenvalue weighted by Crippen LogP contribution is -2.15. The molecule has 0 saturated heterocycles. The van der Waals surface area contributed by atoms with Crippen LogP contribution in [0.2, 0.25) is 5.02 Å². The third-order valence-corrected chi connectivity index (χ3v) is 3.05. The highest BCUT2D eigenvalue weighted by atomic mass is 35.5. The molecule has 17 heavy (non-hydrogen) atoms. The molecular weight excluding hydrogens is 239 g/mol. The zero-order chi connectivity index (χ0) is 12.4. The predicted octanol–water partition coefficient (Wildman–Crippen LogP) is 3.23. The van der Waals surface area contributed by atoms with Gasteiger partial charge >= 0.3 is 0 Å². The van der Waals surface area contributed by atoms with Crippen molar-refractivity contribution in [3.8, 4) is 0 Å². The Morgan fingerprint density at radius 1 is 1.35 bits per heavy atom. The van der Waals surface area contributed by atoms with Gasteiger partial charge in [-0.1, -0.05) is 17.7 Å². The van der Waals surface area contributed by atoms with Gasteiger partial charge in [0, 0.05) is 23.0 Å². The van der Waals surface area contributed by atoms with Crippen LogP contribution in [0.25, 0.3) is 0 Å². The first-order valence-corrected chi connectivity index (χ1v) is 5.59. The molecule has 88 valence electrons. The predicted molar refractivity (Wildman–Crippen MR) is 66.4 cm³/mol. The highest BCUT2D eigenvalue weighted by Gasteiger charge is 2.18. The van der Waals surface area contributed by atoms with E-state index in [-0.39, 0.29) is 0 Å². The third kappa shape index (κ3) is 2.30. The first-order chi connectivity index (χ1) is 8.11. The Morgan fingerprint density at radius 3 is 2.76 bits per heavy atom. The van der Waals surface area contributed by atoms with Crippen molar-refractivity contribution in [3.05, 3.63) is 64.2 Å². The van der Waals surface area contributed by atoms with E-state index in [0.717, 1.165) is 11.1 Å². The Kier molecular flexibility index (Phi) is 3.41. The maximum absolute atomic E-state index is 13.7. The van der Waals surface area contributed by atoms with Gasteiger partial charge in [-0.25, -0.2) is 4.39 Å². The zero-order valence-electron chi connectivity index (χ0n) is 9.32. The average molecular weight is 251 g/mol. The van der Waals surface area contributed by atoms with Gasteiger partial charge in [-0.2, -0.15) is 0 Å². The van der Waals surface area contributed by atoms with Crippen LogP contribution in [-0.4, -0.2) is 4.98 Å². The Bertz CT molecular complexity index is 522. The van der Waals surface area contributed by atoms with Gasteiger partial charge in [0.25, 0.3) is 0 Å². The van der Waals surface area contributed by atoms with Crippen LogP contribution in [0.15, 0.2) is 36.7 Å². The van der Waals surface area contributed by atoms with E-state index in [1.165, 1.54) is 6.07 Å². The number of nitrogens with two attached hydrogens (primary N) is 1. The van der Waals surface area contributed by atoms with Gasteiger partial charge in [0.15, 0.2) is 0 Å². The van der Waals surface area contributed by atoms with Crippen molar-refractivity contribution in [1.29, 1.82) is 0 Å². The van der Waals surface area contributed by atoms with E-state index in [1.54, 1.807) is 24.5 Å². The molecule has 0 amide bonds. The molecule has 2 rings (SSSR count). The summed E-state index contributed by atoms with van der Waals surface area (Å²) in [5, 5.41) is 0.334. The van der Waals surface area contributed by atoms with Gasteiger partial charge in [-0.3, -0.25) is 4.98 Å². The molecule has 0 aliphatic rings. The molecule has 0 bridgehead atoms. The summed E-state index contributed by atoms with van der Waals surface area (Å²) >= 11 is 5.99. The number of nitrogens with zero attached hydrogens (tertiary/aromatic N) is 1. The largest absolute Gasteiger partial charge is 0.320 e. The first-order valence-electron chi connectivity index (χ1n) is 5.21. The van der Waals surface area contributed by atoms with Crippen molar-refractivity contribution in [1.82, 2.24) is 4.98 Å². The van der Waals surface area contributed by atoms with Crippen LogP contribution < -0.4 is 5.73 Å². The van der Waals surface area contributed by atoms with Crippen LogP contribution >= 0.6 is 11.6 Å². The molecule has 0 aliphatic heterocycles. The summed E-state index contributed by atoms with van der Waals surface area (Å²) in [6.07, 6.45) is 3.32.